The van der Waals surface area contributed by atoms with Crippen molar-refractivity contribution in [3.63, 3.8) is 0 Å². The third kappa shape index (κ3) is 6.12. The summed E-state index contributed by atoms with van der Waals surface area (Å²) in [5, 5.41) is 12.5. The predicted molar refractivity (Wildman–Crippen MR) is 109 cm³/mol. The SMILES string of the molecule is CCCCNC(=O)/C(C#N)=C/c1ccc(OC(=O)c2ccc(Cl)cc2Cl)cc1. The van der Waals surface area contributed by atoms with E-state index >= 15 is 0 Å². The Labute approximate surface area is 173 Å². The molecule has 0 fully saturated rings. The molecule has 0 saturated heterocycles. The van der Waals surface area contributed by atoms with E-state index in [4.69, 9.17) is 27.9 Å². The van der Waals surface area contributed by atoms with Gasteiger partial charge in [-0.25, -0.2) is 4.79 Å². The van der Waals surface area contributed by atoms with Crippen molar-refractivity contribution in [1.29, 1.82) is 5.26 Å². The summed E-state index contributed by atoms with van der Waals surface area (Å²) in [5.41, 5.74) is 0.839. The van der Waals surface area contributed by atoms with Crippen LogP contribution in [0, 0.1) is 11.3 Å². The van der Waals surface area contributed by atoms with Gasteiger partial charge in [0.2, 0.25) is 0 Å². The Hall–Kier alpha value is -2.81. The second-order valence-electron chi connectivity index (χ2n) is 5.86. The lowest BCUT2D eigenvalue weighted by Crippen LogP contribution is -2.25. The smallest absolute Gasteiger partial charge is 0.345 e. The van der Waals surface area contributed by atoms with Crippen molar-refractivity contribution >= 4 is 41.2 Å². The number of benzene rings is 2. The summed E-state index contributed by atoms with van der Waals surface area (Å²) in [6, 6.07) is 12.8. The predicted octanol–water partition coefficient (Wildman–Crippen LogP) is 5.04. The number of carbonyl (C=O) groups excluding carboxylic acids is 2. The highest BCUT2D eigenvalue weighted by atomic mass is 35.5. The van der Waals surface area contributed by atoms with E-state index in [1.54, 1.807) is 30.3 Å². The highest BCUT2D eigenvalue weighted by molar-refractivity contribution is 6.36. The molecule has 28 heavy (non-hydrogen) atoms. The zero-order valence-electron chi connectivity index (χ0n) is 15.2. The second kappa shape index (κ2) is 10.5. The Kier molecular flexibility index (Phi) is 8.06. The fourth-order valence-corrected chi connectivity index (χ4v) is 2.72. The summed E-state index contributed by atoms with van der Waals surface area (Å²) in [6.45, 7) is 2.54. The molecule has 2 aromatic rings. The maximum absolute atomic E-state index is 12.2. The van der Waals surface area contributed by atoms with Gasteiger partial charge in [-0.1, -0.05) is 48.7 Å². The molecule has 0 aliphatic carbocycles. The Morgan fingerprint density at radius 3 is 2.50 bits per heavy atom. The first-order chi connectivity index (χ1) is 13.4. The number of esters is 1. The standard InChI is InChI=1S/C21H18Cl2N2O3/c1-2-3-10-25-20(26)15(13-24)11-14-4-7-17(8-5-14)28-21(27)18-9-6-16(22)12-19(18)23/h4-9,11-12H,2-3,10H2,1H3,(H,25,26)/b15-11+. The minimum absolute atomic E-state index is 0.00814. The number of ether oxygens (including phenoxy) is 1. The van der Waals surface area contributed by atoms with Crippen LogP contribution in [0.4, 0.5) is 0 Å². The molecule has 1 amide bonds. The fraction of sp³-hybridized carbons (Fsp3) is 0.190. The average Bonchev–Trinajstić information content (AvgIpc) is 2.67. The number of nitrogens with one attached hydrogen (secondary N) is 1. The first kappa shape index (κ1) is 21.5. The van der Waals surface area contributed by atoms with Crippen molar-refractivity contribution in [2.75, 3.05) is 6.54 Å². The van der Waals surface area contributed by atoms with Gasteiger partial charge >= 0.3 is 5.97 Å². The van der Waals surface area contributed by atoms with E-state index in [0.717, 1.165) is 12.8 Å². The van der Waals surface area contributed by atoms with Gasteiger partial charge in [0.1, 0.15) is 17.4 Å². The Morgan fingerprint density at radius 2 is 1.89 bits per heavy atom. The number of hydrogen-bond acceptors (Lipinski definition) is 4. The highest BCUT2D eigenvalue weighted by Crippen LogP contribution is 2.23. The molecule has 0 atom stereocenters. The maximum Gasteiger partial charge on any atom is 0.345 e. The number of carbonyl (C=O) groups is 2. The van der Waals surface area contributed by atoms with E-state index in [0.29, 0.717) is 22.9 Å². The lowest BCUT2D eigenvalue weighted by Gasteiger charge is -2.07. The molecule has 144 valence electrons. The fourth-order valence-electron chi connectivity index (χ4n) is 2.24. The summed E-state index contributed by atoms with van der Waals surface area (Å²) in [4.78, 5) is 24.2. The van der Waals surface area contributed by atoms with Crippen LogP contribution in [-0.4, -0.2) is 18.4 Å². The van der Waals surface area contributed by atoms with Crippen LogP contribution in [0.2, 0.25) is 10.0 Å². The zero-order chi connectivity index (χ0) is 20.5. The van der Waals surface area contributed by atoms with E-state index < -0.39 is 11.9 Å². The van der Waals surface area contributed by atoms with Gasteiger partial charge < -0.3 is 10.1 Å². The van der Waals surface area contributed by atoms with Crippen LogP contribution in [0.5, 0.6) is 5.75 Å². The average molecular weight is 417 g/mol. The maximum atomic E-state index is 12.2. The molecule has 0 saturated carbocycles. The molecule has 1 N–H and O–H groups in total. The van der Waals surface area contributed by atoms with E-state index in [1.807, 2.05) is 13.0 Å². The second-order valence-corrected chi connectivity index (χ2v) is 6.71. The van der Waals surface area contributed by atoms with Gasteiger partial charge in [-0.3, -0.25) is 4.79 Å². The molecule has 0 radical (unpaired) electrons. The molecule has 2 rings (SSSR count). The van der Waals surface area contributed by atoms with Crippen LogP contribution in [-0.2, 0) is 4.79 Å². The third-order valence-corrected chi connectivity index (χ3v) is 4.28. The summed E-state index contributed by atoms with van der Waals surface area (Å²) in [5.74, 6) is -0.721. The summed E-state index contributed by atoms with van der Waals surface area (Å²) in [6.07, 6.45) is 3.28. The number of amides is 1. The monoisotopic (exact) mass is 416 g/mol. The van der Waals surface area contributed by atoms with E-state index in [1.165, 1.54) is 18.2 Å². The molecule has 0 bridgehead atoms. The highest BCUT2D eigenvalue weighted by Gasteiger charge is 2.13. The third-order valence-electron chi connectivity index (χ3n) is 3.73. The normalized spacial score (nSPS) is 10.9. The van der Waals surface area contributed by atoms with E-state index in [9.17, 15) is 14.9 Å². The van der Waals surface area contributed by atoms with Crippen LogP contribution in [0.25, 0.3) is 6.08 Å². The number of unbranched alkanes of at least 4 members (excludes halogenated alkanes) is 1. The molecule has 0 heterocycles. The molecule has 0 aromatic heterocycles. The van der Waals surface area contributed by atoms with Crippen molar-refractivity contribution in [2.45, 2.75) is 19.8 Å². The van der Waals surface area contributed by atoms with Crippen LogP contribution >= 0.6 is 23.2 Å². The number of halogens is 2. The molecular weight excluding hydrogens is 399 g/mol. The zero-order valence-corrected chi connectivity index (χ0v) is 16.7. The number of rotatable bonds is 7. The number of nitrogens with zero attached hydrogens (tertiary/aromatic N) is 1. The van der Waals surface area contributed by atoms with Gasteiger partial charge in [0, 0.05) is 11.6 Å². The molecule has 0 aliphatic heterocycles. The van der Waals surface area contributed by atoms with Crippen molar-refractivity contribution < 1.29 is 14.3 Å². The minimum atomic E-state index is -0.613. The van der Waals surface area contributed by atoms with Crippen LogP contribution in [0.3, 0.4) is 0 Å². The van der Waals surface area contributed by atoms with Crippen molar-refractivity contribution in [3.8, 4) is 11.8 Å². The number of nitriles is 1. The lowest BCUT2D eigenvalue weighted by atomic mass is 10.1. The van der Waals surface area contributed by atoms with Gasteiger partial charge in [-0.15, -0.1) is 0 Å². The van der Waals surface area contributed by atoms with Gasteiger partial charge in [0.25, 0.3) is 5.91 Å². The Morgan fingerprint density at radius 1 is 1.18 bits per heavy atom. The summed E-state index contributed by atoms with van der Waals surface area (Å²) in [7, 11) is 0. The Balaban J connectivity index is 2.07. The summed E-state index contributed by atoms with van der Waals surface area (Å²) >= 11 is 11.8. The van der Waals surface area contributed by atoms with Crippen molar-refractivity contribution in [3.05, 3.63) is 69.2 Å². The van der Waals surface area contributed by atoms with Gasteiger partial charge in [-0.05, 0) is 48.4 Å². The molecular formula is C21H18Cl2N2O3. The number of hydrogen-bond donors (Lipinski definition) is 1. The molecule has 0 spiro atoms. The molecule has 0 unspecified atom stereocenters. The van der Waals surface area contributed by atoms with Gasteiger partial charge in [-0.2, -0.15) is 5.26 Å². The minimum Gasteiger partial charge on any atom is -0.423 e. The van der Waals surface area contributed by atoms with Crippen molar-refractivity contribution in [1.82, 2.24) is 5.32 Å². The quantitative estimate of drug-likeness (QED) is 0.225. The van der Waals surface area contributed by atoms with Crippen molar-refractivity contribution in [2.24, 2.45) is 0 Å². The topological polar surface area (TPSA) is 79.2 Å². The van der Waals surface area contributed by atoms with E-state index in [2.05, 4.69) is 5.32 Å². The van der Waals surface area contributed by atoms with Crippen LogP contribution in [0.1, 0.15) is 35.7 Å². The molecule has 7 heteroatoms. The Bertz CT molecular complexity index is 932. The van der Waals surface area contributed by atoms with E-state index in [-0.39, 0.29) is 16.2 Å². The van der Waals surface area contributed by atoms with Gasteiger partial charge in [0.05, 0.1) is 10.6 Å². The van der Waals surface area contributed by atoms with Gasteiger partial charge in [0.15, 0.2) is 0 Å². The largest absolute Gasteiger partial charge is 0.423 e. The first-order valence-corrected chi connectivity index (χ1v) is 9.37. The first-order valence-electron chi connectivity index (χ1n) is 8.62. The van der Waals surface area contributed by atoms with Crippen LogP contribution in [0.15, 0.2) is 48.0 Å². The molecule has 2 aromatic carbocycles. The molecule has 5 nitrogen and oxygen atoms in total. The van der Waals surface area contributed by atoms with Crippen LogP contribution < -0.4 is 10.1 Å². The molecule has 0 aliphatic rings. The summed E-state index contributed by atoms with van der Waals surface area (Å²) < 4.78 is 5.29. The lowest BCUT2D eigenvalue weighted by molar-refractivity contribution is -0.117.